The summed E-state index contributed by atoms with van der Waals surface area (Å²) in [6.45, 7) is 15.7. The minimum atomic E-state index is -2.16. The number of ketones is 1. The number of benzene rings is 2. The zero-order valence-corrected chi connectivity index (χ0v) is 78.4. The maximum absolute atomic E-state index is 14.4. The summed E-state index contributed by atoms with van der Waals surface area (Å²) in [6.07, 6.45) is -12.9. The molecule has 42 heteroatoms. The third-order valence-electron chi connectivity index (χ3n) is 22.1. The number of ether oxygens (including phenoxy) is 13. The van der Waals surface area contributed by atoms with Crippen molar-refractivity contribution in [2.75, 3.05) is 72.9 Å². The Morgan fingerprint density at radius 1 is 0.805 bits per heavy atom. The highest BCUT2D eigenvalue weighted by Crippen LogP contribution is 2.49. The van der Waals surface area contributed by atoms with Crippen LogP contribution in [0, 0.1) is 40.1 Å². The molecule has 4 saturated heterocycles. The van der Waals surface area contributed by atoms with Crippen molar-refractivity contribution in [1.82, 2.24) is 36.5 Å². The van der Waals surface area contributed by atoms with Crippen molar-refractivity contribution in [3.8, 4) is 40.9 Å². The van der Waals surface area contributed by atoms with Gasteiger partial charge in [-0.3, -0.25) is 43.8 Å². The van der Waals surface area contributed by atoms with Crippen molar-refractivity contribution in [2.45, 2.75) is 259 Å². The number of hydroxylamine groups is 1. The van der Waals surface area contributed by atoms with E-state index in [9.17, 15) is 73.8 Å². The Balaban J connectivity index is 0.903. The van der Waals surface area contributed by atoms with Crippen LogP contribution in [-0.4, -0.2) is 299 Å². The summed E-state index contributed by atoms with van der Waals surface area (Å²) in [5.41, 5.74) is 7.17. The van der Waals surface area contributed by atoms with Crippen LogP contribution >= 0.6 is 55.5 Å². The molecule has 14 N–H and O–H groups in total. The van der Waals surface area contributed by atoms with Crippen LogP contribution in [0.1, 0.15) is 130 Å². The predicted octanol–water partition coefficient (Wildman–Crippen LogP) is 4.50. The fourth-order valence-electron chi connectivity index (χ4n) is 15.3. The number of nitrogens with zero attached hydrogens (tertiary/aromatic N) is 2. The highest BCUT2D eigenvalue weighted by Gasteiger charge is 2.53. The number of halogens is 1. The van der Waals surface area contributed by atoms with Gasteiger partial charge < -0.3 is 124 Å². The molecule has 21 atom stereocenters. The molecule has 2 aromatic rings. The van der Waals surface area contributed by atoms with E-state index < -0.39 is 193 Å². The number of aliphatic hydroxyl groups is 6. The van der Waals surface area contributed by atoms with Crippen molar-refractivity contribution in [1.29, 1.82) is 0 Å². The van der Waals surface area contributed by atoms with E-state index >= 15 is 0 Å². The van der Waals surface area contributed by atoms with Crippen molar-refractivity contribution in [2.24, 2.45) is 11.7 Å². The lowest BCUT2D eigenvalue weighted by atomic mass is 9.75. The maximum Gasteiger partial charge on any atom is 0.411 e. The Morgan fingerprint density at radius 3 is 2.16 bits per heavy atom. The number of likely N-dealkylation sites (N-methyl/N-ethyl adjacent to an activating group) is 1. The van der Waals surface area contributed by atoms with E-state index in [0.717, 1.165) is 12.0 Å². The molecule has 5 aliphatic heterocycles. The van der Waals surface area contributed by atoms with Crippen molar-refractivity contribution < 1.29 is 140 Å². The fourth-order valence-corrected chi connectivity index (χ4v) is 19.1. The highest BCUT2D eigenvalue weighted by molar-refractivity contribution is 14.1. The van der Waals surface area contributed by atoms with E-state index in [0.29, 0.717) is 39.6 Å². The van der Waals surface area contributed by atoms with E-state index in [1.165, 1.54) is 68.4 Å². The summed E-state index contributed by atoms with van der Waals surface area (Å²) in [7, 11) is 9.61. The van der Waals surface area contributed by atoms with Gasteiger partial charge in [-0.25, -0.2) is 14.4 Å². The number of thiol groups is 1. The van der Waals surface area contributed by atoms with Gasteiger partial charge in [0.05, 0.1) is 97.0 Å². The number of amides is 9. The Morgan fingerprint density at radius 2 is 1.51 bits per heavy atom. The topological polar surface area (TPSA) is 509 Å². The monoisotopic (exact) mass is 1960 g/mol. The normalized spacial score (nSPS) is 28.7. The number of hydrogen-bond donors (Lipinski definition) is 14. The molecule has 2 bridgehead atoms. The number of nitrogens with one attached hydrogen (secondary N) is 6. The van der Waals surface area contributed by atoms with Crippen LogP contribution in [0.25, 0.3) is 0 Å². The van der Waals surface area contributed by atoms with Crippen LogP contribution in [0.4, 0.5) is 20.1 Å². The molecule has 4 fully saturated rings. The third-order valence-corrected chi connectivity index (χ3v) is 27.7. The van der Waals surface area contributed by atoms with Crippen molar-refractivity contribution in [3.63, 3.8) is 0 Å². The molecule has 9 rings (SSSR count). The number of anilines is 1. The lowest BCUT2D eigenvalue weighted by Gasteiger charge is -2.47. The number of urea groups is 1. The number of aliphatic hydroxyl groups excluding tert-OH is 5. The number of hydrogen-bond acceptors (Lipinski definition) is 31. The summed E-state index contributed by atoms with van der Waals surface area (Å²) in [6, 6.07) is 1.33. The minimum absolute atomic E-state index is 0.0395. The number of fused-ring (bicyclic) bond motifs is 2. The minimum Gasteiger partial charge on any atom is -0.492 e. The Kier molecular flexibility index (Phi) is 39.6. The number of imide groups is 1. The molecule has 128 heavy (non-hydrogen) atoms. The van der Waals surface area contributed by atoms with Crippen LogP contribution in [0.15, 0.2) is 71.5 Å². The predicted molar refractivity (Wildman–Crippen MR) is 479 cm³/mol. The number of Topliss-reactive ketones (excluding diaryl/α,β-unsaturated/α-hetero) is 1. The van der Waals surface area contributed by atoms with Gasteiger partial charge in [0, 0.05) is 93.1 Å². The number of alkyl carbamates (subject to hydrolysis) is 1. The van der Waals surface area contributed by atoms with Crippen LogP contribution < -0.4 is 52.0 Å². The van der Waals surface area contributed by atoms with Crippen LogP contribution in [0.3, 0.4) is 0 Å². The standard InChI is InChI=1S/C86H118IN9O29S3/c1-15-95(85(110)118-41-49-27-29-50(30-28-49)90-78(105)52(24-23-35-89-83(88)108)91-79(106)66(43(2)3)92-58(99)26-20-18-22-36-96-59(100)31-32-60(96)101)53-42-117-61(39-57(53)112-10)123-75-70(103)67(46(7)120-82(75)122-56-25-19-16-17-21-34-86(111)40-55(98)68(93-84(109)116-14)64(56)51(86)33-37-126-128-44(4)5)94-125-62-38-54(97)77(48(9)119-62)127-80(107)63-45(6)65(87)73(76(115-13)72(63)113-11)124-81-71(104)74(114-12)69(102)47(8)121-81/h16-17,27-33,43-44,46-48,52-54,56-57,61-62,66-67,69-71,74-75,77,81-82,94,97,102-104,107,111,127H,15,18,20,22-24,26,35-42H2,1-14H3,(H,90,105)(H,91,106)(H,92,99)(H,93,109)(H3,88,89,108)/b17-16-,51-33+/t46-,47+,48-,52+,53+,54+,56+,57+,61+,62+,66+,67-,69+,70+,71-,74-,75-,77-,81+,82+,86+/m1/s1. The molecule has 0 spiro atoms. The molecule has 0 radical (unpaired) electrons. The van der Waals surface area contributed by atoms with Crippen LogP contribution in [0.2, 0.25) is 0 Å². The molecule has 5 heterocycles. The van der Waals surface area contributed by atoms with Gasteiger partial charge in [0.2, 0.25) is 29.8 Å². The first kappa shape index (κ1) is 104. The Labute approximate surface area is 768 Å². The van der Waals surface area contributed by atoms with Crippen LogP contribution in [0.5, 0.6) is 17.2 Å². The third kappa shape index (κ3) is 26.9. The zero-order chi connectivity index (χ0) is 93.5. The number of rotatable bonds is 40. The molecule has 0 saturated carbocycles. The maximum atomic E-state index is 14.4. The lowest BCUT2D eigenvalue weighted by molar-refractivity contribution is -0.337. The lowest BCUT2D eigenvalue weighted by Crippen LogP contribution is -2.65. The Bertz CT molecular complexity index is 4530. The SMILES string of the molecule is CCN(C(=O)OCc1ccc(NC(=O)[C@H](CCCNC(N)=O)NC(=O)[C@@H](NC(=O)CCCCCN2C(=O)C=CC2=O)C(C)C)cc1)[C@H]1CO[C@@H](O[C@H]2[C@H](O[C@H]3C#C/C=C\C#C[C@]4(O)CC(=O)C(NC(=O)OC)=C3/C4=C\CSSC(C)C)O[C@H](C)[C@@H](NO[C@H]3C[C@H](O)[C@H]([SH]=C(O)c4c(C)c(I)c(O[C@@H]5O[C@@H](C)[C@H](O)[C@@H](OC)[C@H]5O)c(OC)c4OC)[C@@H](C)O3)[C@@H]2O)C[C@@H]1OC. The molecule has 0 aromatic heterocycles. The summed E-state index contributed by atoms with van der Waals surface area (Å²) in [5.74, 6) is 8.35. The molecule has 38 nitrogen and oxygen atoms in total. The molecule has 2 aromatic carbocycles. The van der Waals surface area contributed by atoms with Gasteiger partial charge in [-0.15, -0.1) is 0 Å². The number of unbranched alkanes of at least 4 members (excludes halogenated alkanes) is 2. The second-order valence-corrected chi connectivity index (χ2v) is 37.1. The first-order chi connectivity index (χ1) is 61.0. The first-order valence-corrected chi connectivity index (χ1v) is 46.4. The summed E-state index contributed by atoms with van der Waals surface area (Å²) < 4.78 is 79.8. The quantitative estimate of drug-likeness (QED) is 0.00638. The average Bonchev–Trinajstić information content (AvgIpc) is 0.795. The number of nitrogens with two attached hydrogens (primary N) is 1. The second-order valence-electron chi connectivity index (χ2n) is 31.7. The molecule has 2 aliphatic carbocycles. The number of methoxy groups -OCH3 is 5. The fraction of sp³-hybridized carbons (Fsp3) is 0.605. The van der Waals surface area contributed by atoms with E-state index in [4.69, 9.17) is 72.2 Å². The molecular formula is C86H118IN9O29S3. The van der Waals surface area contributed by atoms with E-state index in [1.54, 1.807) is 89.6 Å². The highest BCUT2D eigenvalue weighted by atomic mass is 127. The van der Waals surface area contributed by atoms with Gasteiger partial charge in [0.1, 0.15) is 60.4 Å². The Hall–Kier alpha value is -8.04. The van der Waals surface area contributed by atoms with E-state index in [-0.39, 0.29) is 132 Å². The summed E-state index contributed by atoms with van der Waals surface area (Å²) in [4.78, 5) is 127. The molecular weight excluding hydrogens is 1850 g/mol. The second kappa shape index (κ2) is 48.9. The largest absolute Gasteiger partial charge is 0.492 e. The number of carbonyl (C=O) groups excluding carboxylic acids is 9. The number of allylic oxidation sites excluding steroid dienone is 3. The van der Waals surface area contributed by atoms with E-state index in [2.05, 4.69) is 55.7 Å². The van der Waals surface area contributed by atoms with Gasteiger partial charge in [-0.1, -0.05) is 97.6 Å². The summed E-state index contributed by atoms with van der Waals surface area (Å²) >= 11 is 2.20. The van der Waals surface area contributed by atoms with Gasteiger partial charge in [0.15, 0.2) is 41.8 Å². The molecule has 706 valence electrons. The van der Waals surface area contributed by atoms with Gasteiger partial charge in [0.25, 0.3) is 11.8 Å². The van der Waals surface area contributed by atoms with E-state index in [1.807, 2.05) is 36.4 Å². The zero-order valence-electron chi connectivity index (χ0n) is 73.7. The summed E-state index contributed by atoms with van der Waals surface area (Å²) in [5, 5.41) is 84.0. The van der Waals surface area contributed by atoms with Crippen molar-refractivity contribution in [3.05, 3.63) is 91.7 Å². The van der Waals surface area contributed by atoms with Crippen LogP contribution in [-0.2, 0) is 87.6 Å². The van der Waals surface area contributed by atoms with Crippen molar-refractivity contribution >= 4 is 120 Å². The van der Waals surface area contributed by atoms with Gasteiger partial charge in [-0.2, -0.15) is 16.8 Å². The molecule has 0 unspecified atom stereocenters. The smallest absolute Gasteiger partial charge is 0.411 e. The number of primary amides is 1. The van der Waals surface area contributed by atoms with Gasteiger partial charge in [-0.05, 0) is 124 Å². The molecule has 9 amide bonds. The molecule has 7 aliphatic rings. The van der Waals surface area contributed by atoms with Gasteiger partial charge >= 0.3 is 18.2 Å². The average molecular weight is 1970 g/mol. The first-order valence-electron chi connectivity index (χ1n) is 42.0. The number of carbonyl (C=O) groups is 9.